The predicted molar refractivity (Wildman–Crippen MR) is 134 cm³/mol. The van der Waals surface area contributed by atoms with Crippen molar-refractivity contribution < 1.29 is 13.9 Å². The normalized spacial score (nSPS) is 13.1. The van der Waals surface area contributed by atoms with Gasteiger partial charge in [-0.25, -0.2) is 4.39 Å². The molecule has 0 radical (unpaired) electrons. The summed E-state index contributed by atoms with van der Waals surface area (Å²) in [6.07, 6.45) is 1.34. The number of aromatic nitrogens is 3. The number of nitrogens with one attached hydrogen (secondary N) is 1. The largest absolute Gasteiger partial charge is 0.495 e. The van der Waals surface area contributed by atoms with Crippen LogP contribution < -0.4 is 14.4 Å². The first-order valence-corrected chi connectivity index (χ1v) is 12.6. The molecule has 0 saturated carbocycles. The molecule has 2 aromatic heterocycles. The Kier molecular flexibility index (Phi) is 6.50. The summed E-state index contributed by atoms with van der Waals surface area (Å²) in [5.41, 5.74) is 2.62. The number of rotatable bonds is 9. The van der Waals surface area contributed by atoms with Crippen molar-refractivity contribution in [3.8, 4) is 22.1 Å². The minimum atomic E-state index is -0.236. The van der Waals surface area contributed by atoms with E-state index >= 15 is 0 Å². The number of anilines is 2. The molecule has 0 aliphatic carbocycles. The average molecular weight is 496 g/mol. The molecule has 1 amide bonds. The second kappa shape index (κ2) is 9.86. The Bertz CT molecular complexity index is 1290. The van der Waals surface area contributed by atoms with Gasteiger partial charge in [0, 0.05) is 24.4 Å². The number of hydrogen-bond donors (Lipinski definition) is 1. The third-order valence-electron chi connectivity index (χ3n) is 5.54. The van der Waals surface area contributed by atoms with E-state index in [-0.39, 0.29) is 11.7 Å². The number of carbonyl (C=O) groups excluding carboxylic acids is 1. The van der Waals surface area contributed by atoms with Gasteiger partial charge in [0.2, 0.25) is 11.9 Å². The highest BCUT2D eigenvalue weighted by molar-refractivity contribution is 8.00. The summed E-state index contributed by atoms with van der Waals surface area (Å²) in [6, 6.07) is 16.2. The number of amides is 1. The van der Waals surface area contributed by atoms with E-state index in [9.17, 15) is 9.18 Å². The minimum absolute atomic E-state index is 0.105. The molecule has 174 valence electrons. The number of benzene rings is 2. The number of β-lactam (4-membered cyclic amide) rings is 1. The molecule has 34 heavy (non-hydrogen) atoms. The van der Waals surface area contributed by atoms with Gasteiger partial charge in [0.25, 0.3) is 0 Å². The van der Waals surface area contributed by atoms with Crippen LogP contribution in [0.15, 0.2) is 60.0 Å². The third-order valence-corrected chi connectivity index (χ3v) is 7.14. The predicted octanol–water partition coefficient (Wildman–Crippen LogP) is 5.18. The zero-order valence-electron chi connectivity index (χ0n) is 18.4. The molecule has 0 spiro atoms. The Labute approximate surface area is 204 Å². The van der Waals surface area contributed by atoms with Crippen LogP contribution in [0, 0.1) is 5.82 Å². The van der Waals surface area contributed by atoms with E-state index in [1.807, 2.05) is 40.3 Å². The zero-order valence-corrected chi connectivity index (χ0v) is 20.0. The first-order chi connectivity index (χ1) is 16.6. The molecular weight excluding hydrogens is 473 g/mol. The Morgan fingerprint density at radius 1 is 1.18 bits per heavy atom. The van der Waals surface area contributed by atoms with Gasteiger partial charge < -0.3 is 9.64 Å². The molecule has 1 aliphatic rings. The highest BCUT2D eigenvalue weighted by Gasteiger charge is 2.27. The number of hydrogen-bond acceptors (Lipinski definition) is 7. The number of halogens is 1. The molecule has 10 heteroatoms. The lowest BCUT2D eigenvalue weighted by Crippen LogP contribution is -2.43. The lowest BCUT2D eigenvalue weighted by Gasteiger charge is -2.31. The summed E-state index contributed by atoms with van der Waals surface area (Å²) in [4.78, 5) is 14.8. The zero-order chi connectivity index (χ0) is 23.5. The first-order valence-electron chi connectivity index (χ1n) is 10.7. The summed E-state index contributed by atoms with van der Waals surface area (Å²) in [5, 5.41) is 10.8. The smallest absolute Gasteiger partial charge is 0.239 e. The van der Waals surface area contributed by atoms with Gasteiger partial charge >= 0.3 is 0 Å². The second-order valence-corrected chi connectivity index (χ2v) is 9.49. The molecule has 0 atom stereocenters. The molecule has 0 bridgehead atoms. The van der Waals surface area contributed by atoms with Gasteiger partial charge in [-0.2, -0.15) is 0 Å². The van der Waals surface area contributed by atoms with E-state index in [1.54, 1.807) is 35.5 Å². The Balaban J connectivity index is 1.44. The molecule has 5 rings (SSSR count). The van der Waals surface area contributed by atoms with Gasteiger partial charge in [-0.1, -0.05) is 18.2 Å². The van der Waals surface area contributed by atoms with E-state index in [0.717, 1.165) is 34.0 Å². The summed E-state index contributed by atoms with van der Waals surface area (Å²) in [6.45, 7) is 0.703. The molecule has 1 fully saturated rings. The van der Waals surface area contributed by atoms with Crippen molar-refractivity contribution in [1.29, 1.82) is 0 Å². The summed E-state index contributed by atoms with van der Waals surface area (Å²) >= 11 is 3.07. The van der Waals surface area contributed by atoms with Crippen LogP contribution in [0.25, 0.3) is 16.4 Å². The Morgan fingerprint density at radius 2 is 2.03 bits per heavy atom. The van der Waals surface area contributed by atoms with E-state index in [2.05, 4.69) is 14.9 Å². The van der Waals surface area contributed by atoms with Gasteiger partial charge in [-0.15, -0.1) is 21.5 Å². The van der Waals surface area contributed by atoms with Crippen molar-refractivity contribution >= 4 is 40.8 Å². The fourth-order valence-corrected chi connectivity index (χ4v) is 5.09. The van der Waals surface area contributed by atoms with Crippen molar-refractivity contribution in [2.45, 2.75) is 12.8 Å². The van der Waals surface area contributed by atoms with Crippen LogP contribution >= 0.6 is 23.3 Å². The second-order valence-electron chi connectivity index (χ2n) is 7.64. The highest BCUT2D eigenvalue weighted by atomic mass is 32.2. The van der Waals surface area contributed by atoms with E-state index in [1.165, 1.54) is 24.1 Å². The summed E-state index contributed by atoms with van der Waals surface area (Å²) < 4.78 is 24.0. The maximum atomic E-state index is 13.1. The van der Waals surface area contributed by atoms with Gasteiger partial charge in [-0.05, 0) is 65.7 Å². The topological polar surface area (TPSA) is 72.3 Å². The van der Waals surface area contributed by atoms with Crippen LogP contribution in [0.1, 0.15) is 12.0 Å². The van der Waals surface area contributed by atoms with E-state index in [4.69, 9.17) is 4.74 Å². The van der Waals surface area contributed by atoms with Gasteiger partial charge in [0.05, 0.1) is 17.7 Å². The Hall–Kier alpha value is -3.37. The molecule has 0 unspecified atom stereocenters. The SMILES string of the molecule is COc1ccc(N2CCC2=O)cc1-n1c(NSCCc2ccc(F)cc2)nnc1-c1cccs1. The van der Waals surface area contributed by atoms with Crippen LogP contribution in [0.3, 0.4) is 0 Å². The van der Waals surface area contributed by atoms with Crippen molar-refractivity contribution in [3.63, 3.8) is 0 Å². The lowest BCUT2D eigenvalue weighted by molar-refractivity contribution is -0.122. The number of aryl methyl sites for hydroxylation is 1. The van der Waals surface area contributed by atoms with Crippen molar-refractivity contribution in [2.75, 3.05) is 29.0 Å². The van der Waals surface area contributed by atoms with Crippen LogP contribution in [0.5, 0.6) is 5.75 Å². The lowest BCUT2D eigenvalue weighted by atomic mass is 10.1. The first kappa shape index (κ1) is 22.4. The third kappa shape index (κ3) is 4.51. The van der Waals surface area contributed by atoms with Crippen LogP contribution in [0.4, 0.5) is 16.0 Å². The molecule has 4 aromatic rings. The Morgan fingerprint density at radius 3 is 2.71 bits per heavy atom. The fraction of sp³-hybridized carbons (Fsp3) is 0.208. The maximum absolute atomic E-state index is 13.1. The molecule has 1 aliphatic heterocycles. The van der Waals surface area contributed by atoms with Crippen LogP contribution in [-0.4, -0.2) is 40.1 Å². The fourth-order valence-electron chi connectivity index (χ4n) is 3.69. The standard InChI is InChI=1S/C24H22FN5O2S2/c1-32-20-9-8-18(29-12-10-22(29)31)15-19(20)30-23(21-3-2-13-33-21)26-27-24(30)28-34-14-11-16-4-6-17(25)7-5-16/h2-9,13,15H,10-12,14H2,1H3,(H,27,28). The van der Waals surface area contributed by atoms with Crippen LogP contribution in [0.2, 0.25) is 0 Å². The monoisotopic (exact) mass is 495 g/mol. The quantitative estimate of drug-likeness (QED) is 0.196. The summed E-state index contributed by atoms with van der Waals surface area (Å²) in [7, 11) is 1.62. The number of thiophene rings is 1. The number of ether oxygens (including phenoxy) is 1. The highest BCUT2D eigenvalue weighted by Crippen LogP contribution is 2.36. The molecule has 1 N–H and O–H groups in total. The van der Waals surface area contributed by atoms with Crippen molar-refractivity contribution in [2.24, 2.45) is 0 Å². The summed E-state index contributed by atoms with van der Waals surface area (Å²) in [5.74, 6) is 2.51. The van der Waals surface area contributed by atoms with Crippen molar-refractivity contribution in [1.82, 2.24) is 14.8 Å². The molecule has 1 saturated heterocycles. The molecule has 7 nitrogen and oxygen atoms in total. The van der Waals surface area contributed by atoms with Gasteiger partial charge in [0.15, 0.2) is 5.82 Å². The van der Waals surface area contributed by atoms with Crippen molar-refractivity contribution in [3.05, 3.63) is 71.4 Å². The van der Waals surface area contributed by atoms with E-state index in [0.29, 0.717) is 30.5 Å². The van der Waals surface area contributed by atoms with Crippen LogP contribution in [-0.2, 0) is 11.2 Å². The van der Waals surface area contributed by atoms with E-state index < -0.39 is 0 Å². The maximum Gasteiger partial charge on any atom is 0.239 e. The number of carbonyl (C=O) groups is 1. The number of nitrogens with zero attached hydrogens (tertiary/aromatic N) is 4. The molecule has 2 aromatic carbocycles. The van der Waals surface area contributed by atoms with Gasteiger partial charge in [-0.3, -0.25) is 14.1 Å². The minimum Gasteiger partial charge on any atom is -0.495 e. The molecule has 3 heterocycles. The molecular formula is C24H22FN5O2S2. The van der Waals surface area contributed by atoms with Gasteiger partial charge in [0.1, 0.15) is 11.6 Å². The average Bonchev–Trinajstić information content (AvgIpc) is 3.52. The number of methoxy groups -OCH3 is 1.